The zero-order valence-electron chi connectivity index (χ0n) is 34.7. The molecular weight excluding hydrogens is 649 g/mol. The highest BCUT2D eigenvalue weighted by Crippen LogP contribution is 2.22. The van der Waals surface area contributed by atoms with Gasteiger partial charge in [0.05, 0.1) is 0 Å². The number of aryl methyl sites for hydroxylation is 8. The SMILES string of the molecule is CCc1cc(CC)c(CC)c([SiH](O[SiH](c2cc(CC)cc(CC)c2CC)c2cc(CC)cc(CC)c2CC)c2cc(CC)cc(CC)c2CC)c1. The summed E-state index contributed by atoms with van der Waals surface area (Å²) in [6.07, 6.45) is 12.7. The normalized spacial score (nSPS) is 11.7. The first-order valence-electron chi connectivity index (χ1n) is 21.0. The Balaban J connectivity index is 2.24. The highest BCUT2D eigenvalue weighted by Gasteiger charge is 2.34. The second-order valence-electron chi connectivity index (χ2n) is 14.4. The molecule has 1 nitrogen and oxygen atoms in total. The highest BCUT2D eigenvalue weighted by atomic mass is 28.4. The fraction of sp³-hybridized carbons (Fsp3) is 0.500. The summed E-state index contributed by atoms with van der Waals surface area (Å²) in [5.74, 6) is 0. The zero-order valence-corrected chi connectivity index (χ0v) is 37.0. The number of hydrogen-bond acceptors (Lipinski definition) is 1. The van der Waals surface area contributed by atoms with E-state index >= 15 is 0 Å². The van der Waals surface area contributed by atoms with E-state index in [1.807, 2.05) is 0 Å². The summed E-state index contributed by atoms with van der Waals surface area (Å²) in [7, 11) is -4.46. The van der Waals surface area contributed by atoms with E-state index in [9.17, 15) is 0 Å². The first-order valence-corrected chi connectivity index (χ1v) is 24.2. The third kappa shape index (κ3) is 8.74. The average Bonchev–Trinajstić information content (AvgIpc) is 3.18. The smallest absolute Gasteiger partial charge is 0.229 e. The van der Waals surface area contributed by atoms with Gasteiger partial charge in [-0.2, -0.15) is 0 Å². The van der Waals surface area contributed by atoms with Crippen molar-refractivity contribution in [2.45, 2.75) is 160 Å². The van der Waals surface area contributed by atoms with E-state index in [0.29, 0.717) is 0 Å². The standard InChI is InChI=1S/C48H70OSi2/c1-13-33-25-37(17-5)41(21-9)45(29-33)50(46-30-34(14-2)26-38(18-6)42(46)22-10)49-51(47-31-35(15-3)27-39(19-7)43(47)23-11)48-32-36(16-4)28-40(20-8)44(48)24-12/h25-32,50-51H,13-24H2,1-12H3. The Kier molecular flexibility index (Phi) is 15.6. The summed E-state index contributed by atoms with van der Waals surface area (Å²) in [4.78, 5) is 0. The molecule has 0 N–H and O–H groups in total. The minimum Gasteiger partial charge on any atom is -0.446 e. The molecule has 0 saturated heterocycles. The van der Waals surface area contributed by atoms with Crippen LogP contribution in [-0.4, -0.2) is 18.1 Å². The van der Waals surface area contributed by atoms with E-state index in [4.69, 9.17) is 4.12 Å². The maximum Gasteiger partial charge on any atom is 0.229 e. The fourth-order valence-corrected chi connectivity index (χ4v) is 17.2. The lowest BCUT2D eigenvalue weighted by atomic mass is 9.98. The van der Waals surface area contributed by atoms with Gasteiger partial charge in [0.15, 0.2) is 0 Å². The molecule has 0 aliphatic rings. The van der Waals surface area contributed by atoms with Gasteiger partial charge in [-0.1, -0.05) is 132 Å². The average molecular weight is 719 g/mol. The molecule has 0 amide bonds. The minimum absolute atomic E-state index is 1.05. The van der Waals surface area contributed by atoms with Crippen molar-refractivity contribution in [1.82, 2.24) is 0 Å². The van der Waals surface area contributed by atoms with Crippen molar-refractivity contribution in [1.29, 1.82) is 0 Å². The predicted octanol–water partition coefficient (Wildman–Crippen LogP) is 8.83. The Morgan fingerprint density at radius 2 is 0.510 bits per heavy atom. The summed E-state index contributed by atoms with van der Waals surface area (Å²) in [5.41, 5.74) is 18.2. The van der Waals surface area contributed by atoms with Crippen LogP contribution in [0, 0.1) is 0 Å². The van der Waals surface area contributed by atoms with Gasteiger partial charge >= 0.3 is 0 Å². The molecule has 0 aliphatic heterocycles. The second kappa shape index (κ2) is 19.4. The number of hydrogen-bond donors (Lipinski definition) is 0. The van der Waals surface area contributed by atoms with Crippen LogP contribution in [0.4, 0.5) is 0 Å². The molecule has 0 bridgehead atoms. The first-order chi connectivity index (χ1) is 24.7. The first kappa shape index (κ1) is 41.0. The topological polar surface area (TPSA) is 9.23 Å². The van der Waals surface area contributed by atoms with E-state index in [-0.39, 0.29) is 0 Å². The van der Waals surface area contributed by atoms with Crippen molar-refractivity contribution in [3.8, 4) is 0 Å². The van der Waals surface area contributed by atoms with Crippen LogP contribution in [0.25, 0.3) is 0 Å². The zero-order chi connectivity index (χ0) is 37.2. The Morgan fingerprint density at radius 1 is 0.294 bits per heavy atom. The molecule has 4 aromatic carbocycles. The van der Waals surface area contributed by atoms with E-state index in [1.54, 1.807) is 43.0 Å². The molecule has 0 unspecified atom stereocenters. The molecule has 0 saturated carbocycles. The lowest BCUT2D eigenvalue weighted by Gasteiger charge is -2.33. The third-order valence-corrected chi connectivity index (χ3v) is 18.2. The van der Waals surface area contributed by atoms with Gasteiger partial charge in [-0.25, -0.2) is 0 Å². The molecular formula is C48H70OSi2. The Hall–Kier alpha value is -2.73. The van der Waals surface area contributed by atoms with Crippen LogP contribution in [-0.2, 0) is 81.2 Å². The summed E-state index contributed by atoms with van der Waals surface area (Å²) < 4.78 is 8.44. The Labute approximate surface area is 317 Å². The maximum absolute atomic E-state index is 8.44. The number of benzene rings is 4. The largest absolute Gasteiger partial charge is 0.446 e. The molecule has 0 heterocycles. The maximum atomic E-state index is 8.44. The lowest BCUT2D eigenvalue weighted by molar-refractivity contribution is 0.630. The predicted molar refractivity (Wildman–Crippen MR) is 232 cm³/mol. The van der Waals surface area contributed by atoms with Gasteiger partial charge < -0.3 is 4.12 Å². The molecule has 3 heteroatoms. The molecule has 276 valence electrons. The van der Waals surface area contributed by atoms with E-state index < -0.39 is 18.1 Å². The van der Waals surface area contributed by atoms with Crippen LogP contribution >= 0.6 is 0 Å². The van der Waals surface area contributed by atoms with Gasteiger partial charge in [-0.05, 0) is 165 Å². The molecule has 0 spiro atoms. The third-order valence-electron chi connectivity index (χ3n) is 11.7. The van der Waals surface area contributed by atoms with Crippen LogP contribution in [0.2, 0.25) is 0 Å². The second-order valence-corrected chi connectivity index (χ2v) is 19.5. The van der Waals surface area contributed by atoms with Crippen molar-refractivity contribution in [2.75, 3.05) is 0 Å². The van der Waals surface area contributed by atoms with Gasteiger partial charge in [0.2, 0.25) is 18.1 Å². The minimum atomic E-state index is -2.23. The quantitative estimate of drug-likeness (QED) is 0.0935. The van der Waals surface area contributed by atoms with Crippen molar-refractivity contribution >= 4 is 38.8 Å². The van der Waals surface area contributed by atoms with Crippen LogP contribution in [0.3, 0.4) is 0 Å². The Morgan fingerprint density at radius 3 is 0.667 bits per heavy atom. The molecule has 0 fully saturated rings. The molecule has 4 rings (SSSR count). The van der Waals surface area contributed by atoms with E-state index in [0.717, 1.165) is 77.0 Å². The molecule has 0 aliphatic carbocycles. The lowest BCUT2D eigenvalue weighted by Crippen LogP contribution is -2.59. The fourth-order valence-electron chi connectivity index (χ4n) is 8.80. The van der Waals surface area contributed by atoms with Crippen LogP contribution in [0.15, 0.2) is 48.5 Å². The van der Waals surface area contributed by atoms with Crippen LogP contribution in [0.5, 0.6) is 0 Å². The molecule has 0 aromatic heterocycles. The van der Waals surface area contributed by atoms with E-state index in [2.05, 4.69) is 132 Å². The van der Waals surface area contributed by atoms with Crippen molar-refractivity contribution in [2.24, 2.45) is 0 Å². The molecule has 51 heavy (non-hydrogen) atoms. The van der Waals surface area contributed by atoms with E-state index in [1.165, 1.54) is 44.5 Å². The van der Waals surface area contributed by atoms with Gasteiger partial charge in [-0.3, -0.25) is 0 Å². The van der Waals surface area contributed by atoms with Gasteiger partial charge in [-0.15, -0.1) is 0 Å². The van der Waals surface area contributed by atoms with Crippen LogP contribution in [0.1, 0.15) is 150 Å². The van der Waals surface area contributed by atoms with Gasteiger partial charge in [0.1, 0.15) is 0 Å². The summed E-state index contributed by atoms with van der Waals surface area (Å²) in [5, 5.41) is 6.21. The monoisotopic (exact) mass is 718 g/mol. The van der Waals surface area contributed by atoms with Gasteiger partial charge in [0.25, 0.3) is 0 Å². The van der Waals surface area contributed by atoms with Crippen molar-refractivity contribution in [3.05, 3.63) is 115 Å². The summed E-state index contributed by atoms with van der Waals surface area (Å²) in [6.45, 7) is 28.2. The molecule has 4 aromatic rings. The summed E-state index contributed by atoms with van der Waals surface area (Å²) in [6, 6.07) is 20.4. The van der Waals surface area contributed by atoms with Gasteiger partial charge in [0, 0.05) is 0 Å². The van der Waals surface area contributed by atoms with Crippen molar-refractivity contribution < 1.29 is 4.12 Å². The number of rotatable bonds is 18. The summed E-state index contributed by atoms with van der Waals surface area (Å²) >= 11 is 0. The molecule has 0 atom stereocenters. The molecule has 0 radical (unpaired) electrons. The van der Waals surface area contributed by atoms with Crippen molar-refractivity contribution in [3.63, 3.8) is 0 Å². The van der Waals surface area contributed by atoms with Crippen LogP contribution < -0.4 is 20.7 Å². The Bertz CT molecular complexity index is 1510. The highest BCUT2D eigenvalue weighted by molar-refractivity contribution is 6.92.